The molecule has 0 aromatic heterocycles. The summed E-state index contributed by atoms with van der Waals surface area (Å²) >= 11 is 0. The minimum Gasteiger partial charge on any atom is -0.494 e. The van der Waals surface area contributed by atoms with Gasteiger partial charge in [0.25, 0.3) is 0 Å². The third-order valence-electron chi connectivity index (χ3n) is 3.62. The molecule has 0 spiro atoms. The summed E-state index contributed by atoms with van der Waals surface area (Å²) in [5.41, 5.74) is 6.78. The number of benzene rings is 1. The highest BCUT2D eigenvalue weighted by atomic mass is 16.5. The van der Waals surface area contributed by atoms with Crippen LogP contribution in [0.2, 0.25) is 0 Å². The number of likely N-dealkylation sites (tertiary alicyclic amines) is 1. The molecule has 1 aliphatic heterocycles. The first kappa shape index (κ1) is 15.5. The molecule has 5 nitrogen and oxygen atoms in total. The maximum atomic E-state index is 12.1. The quantitative estimate of drug-likeness (QED) is 0.892. The van der Waals surface area contributed by atoms with Gasteiger partial charge in [-0.15, -0.1) is 0 Å². The van der Waals surface area contributed by atoms with E-state index in [1.165, 1.54) is 4.90 Å². The lowest BCUT2D eigenvalue weighted by Crippen LogP contribution is -2.46. The number of rotatable bonds is 5. The first-order chi connectivity index (χ1) is 10.1. The summed E-state index contributed by atoms with van der Waals surface area (Å²) in [5.74, 6) is 0.569. The average molecular weight is 290 g/mol. The lowest BCUT2D eigenvalue weighted by Gasteiger charge is -2.28. The van der Waals surface area contributed by atoms with E-state index in [4.69, 9.17) is 10.5 Å². The summed E-state index contributed by atoms with van der Waals surface area (Å²) in [6.07, 6.45) is 1.94. The Labute approximate surface area is 125 Å². The molecule has 2 N–H and O–H groups in total. The number of nitrogens with two attached hydrogens (primary N) is 1. The van der Waals surface area contributed by atoms with Crippen molar-refractivity contribution in [1.29, 1.82) is 0 Å². The molecule has 1 heterocycles. The smallest absolute Gasteiger partial charge is 0.230 e. The first-order valence-electron chi connectivity index (χ1n) is 7.40. The third-order valence-corrected chi connectivity index (χ3v) is 3.62. The molecule has 1 unspecified atom stereocenters. The number of ether oxygens (including phenoxy) is 1. The fourth-order valence-electron chi connectivity index (χ4n) is 2.43. The normalized spacial score (nSPS) is 18.7. The van der Waals surface area contributed by atoms with E-state index in [0.717, 1.165) is 11.3 Å². The monoisotopic (exact) mass is 290 g/mol. The van der Waals surface area contributed by atoms with E-state index >= 15 is 0 Å². The van der Waals surface area contributed by atoms with E-state index in [1.54, 1.807) is 0 Å². The molecule has 5 heteroatoms. The molecule has 114 valence electrons. The van der Waals surface area contributed by atoms with Crippen LogP contribution in [0.25, 0.3) is 0 Å². The van der Waals surface area contributed by atoms with Crippen LogP contribution in [0.5, 0.6) is 5.75 Å². The number of nitrogens with zero attached hydrogens (tertiary/aromatic N) is 1. The molecule has 1 aromatic rings. The Morgan fingerprint density at radius 2 is 2.10 bits per heavy atom. The molecule has 21 heavy (non-hydrogen) atoms. The fraction of sp³-hybridized carbons (Fsp3) is 0.500. The maximum Gasteiger partial charge on any atom is 0.230 e. The van der Waals surface area contributed by atoms with Gasteiger partial charge in [0.05, 0.1) is 6.61 Å². The van der Waals surface area contributed by atoms with E-state index < -0.39 is 0 Å². The Balaban J connectivity index is 1.84. The van der Waals surface area contributed by atoms with Crippen LogP contribution in [0.1, 0.15) is 31.7 Å². The van der Waals surface area contributed by atoms with Gasteiger partial charge < -0.3 is 10.5 Å². The zero-order valence-corrected chi connectivity index (χ0v) is 12.4. The molecule has 0 saturated carbocycles. The molecule has 0 bridgehead atoms. The number of imide groups is 1. The van der Waals surface area contributed by atoms with Gasteiger partial charge in [0.15, 0.2) is 0 Å². The molecule has 1 aromatic carbocycles. The second-order valence-electron chi connectivity index (χ2n) is 5.27. The van der Waals surface area contributed by atoms with Crippen LogP contribution < -0.4 is 10.5 Å². The molecular formula is C16H22N2O3. The summed E-state index contributed by atoms with van der Waals surface area (Å²) in [7, 11) is 0. The Morgan fingerprint density at radius 1 is 1.38 bits per heavy atom. The van der Waals surface area contributed by atoms with Gasteiger partial charge in [-0.3, -0.25) is 14.5 Å². The number of hydrogen-bond donors (Lipinski definition) is 1. The van der Waals surface area contributed by atoms with Crippen LogP contribution in [0.15, 0.2) is 24.3 Å². The predicted molar refractivity (Wildman–Crippen MR) is 79.9 cm³/mol. The molecule has 0 aliphatic carbocycles. The third kappa shape index (κ3) is 4.29. The summed E-state index contributed by atoms with van der Waals surface area (Å²) in [4.78, 5) is 25.2. The van der Waals surface area contributed by atoms with Crippen molar-refractivity contribution in [3.63, 3.8) is 0 Å². The van der Waals surface area contributed by atoms with E-state index in [2.05, 4.69) is 0 Å². The van der Waals surface area contributed by atoms with E-state index in [9.17, 15) is 9.59 Å². The lowest BCUT2D eigenvalue weighted by molar-refractivity contribution is -0.146. The number of piperidine rings is 1. The van der Waals surface area contributed by atoms with Crippen LogP contribution in [-0.2, 0) is 16.0 Å². The molecule has 1 saturated heterocycles. The number of amides is 2. The van der Waals surface area contributed by atoms with Crippen molar-refractivity contribution in [3.8, 4) is 5.75 Å². The Bertz CT molecular complexity index is 499. The summed E-state index contributed by atoms with van der Waals surface area (Å²) in [6.45, 7) is 3.02. The summed E-state index contributed by atoms with van der Waals surface area (Å²) < 4.78 is 5.37. The lowest BCUT2D eigenvalue weighted by atomic mass is 10.0. The second-order valence-corrected chi connectivity index (χ2v) is 5.27. The number of hydrogen-bond acceptors (Lipinski definition) is 4. The Morgan fingerprint density at radius 3 is 2.71 bits per heavy atom. The molecule has 1 fully saturated rings. The van der Waals surface area contributed by atoms with Crippen molar-refractivity contribution in [2.75, 3.05) is 13.2 Å². The molecule has 1 aliphatic rings. The van der Waals surface area contributed by atoms with Gasteiger partial charge >= 0.3 is 0 Å². The Kier molecular flexibility index (Phi) is 5.33. The number of carbonyl (C=O) groups excluding carboxylic acids is 2. The molecule has 2 amide bonds. The average Bonchev–Trinajstić information content (AvgIpc) is 2.46. The van der Waals surface area contributed by atoms with Crippen molar-refractivity contribution in [2.45, 2.75) is 38.6 Å². The number of carbonyl (C=O) groups is 2. The van der Waals surface area contributed by atoms with Crippen molar-refractivity contribution >= 4 is 11.8 Å². The van der Waals surface area contributed by atoms with Crippen LogP contribution >= 0.6 is 0 Å². The van der Waals surface area contributed by atoms with Gasteiger partial charge in [-0.25, -0.2) is 0 Å². The fourth-order valence-corrected chi connectivity index (χ4v) is 2.43. The van der Waals surface area contributed by atoms with Gasteiger partial charge in [0.2, 0.25) is 11.8 Å². The largest absolute Gasteiger partial charge is 0.494 e. The van der Waals surface area contributed by atoms with Gasteiger partial charge in [-0.2, -0.15) is 0 Å². The maximum absolute atomic E-state index is 12.1. The van der Waals surface area contributed by atoms with E-state index in [0.29, 0.717) is 32.4 Å². The zero-order valence-electron chi connectivity index (χ0n) is 12.4. The second kappa shape index (κ2) is 7.22. The highest BCUT2D eigenvalue weighted by molar-refractivity contribution is 5.96. The van der Waals surface area contributed by atoms with Crippen LogP contribution in [-0.4, -0.2) is 35.9 Å². The van der Waals surface area contributed by atoms with E-state index in [-0.39, 0.29) is 24.3 Å². The topological polar surface area (TPSA) is 72.6 Å². The zero-order chi connectivity index (χ0) is 15.2. The van der Waals surface area contributed by atoms with Crippen molar-refractivity contribution < 1.29 is 14.3 Å². The van der Waals surface area contributed by atoms with Gasteiger partial charge in [0, 0.05) is 25.4 Å². The van der Waals surface area contributed by atoms with Crippen LogP contribution in [0.4, 0.5) is 0 Å². The molecule has 1 atom stereocenters. The highest BCUT2D eigenvalue weighted by Crippen LogP contribution is 2.15. The van der Waals surface area contributed by atoms with Crippen molar-refractivity contribution in [2.24, 2.45) is 5.73 Å². The minimum atomic E-state index is -0.148. The minimum absolute atomic E-state index is 0.104. The highest BCUT2D eigenvalue weighted by Gasteiger charge is 2.27. The molecule has 2 rings (SSSR count). The summed E-state index contributed by atoms with van der Waals surface area (Å²) in [6, 6.07) is 7.59. The predicted octanol–water partition coefficient (Wildman–Crippen LogP) is 1.49. The first-order valence-corrected chi connectivity index (χ1v) is 7.40. The molecule has 0 radical (unpaired) electrons. The summed E-state index contributed by atoms with van der Waals surface area (Å²) in [5, 5.41) is 0. The Hall–Kier alpha value is -1.88. The SMILES string of the molecule is CCOc1ccc(CCC(=O)N2CCC(N)CC2=O)cc1. The van der Waals surface area contributed by atoms with Gasteiger partial charge in [0.1, 0.15) is 5.75 Å². The van der Waals surface area contributed by atoms with Crippen molar-refractivity contribution in [1.82, 2.24) is 4.90 Å². The van der Waals surface area contributed by atoms with Crippen LogP contribution in [0, 0.1) is 0 Å². The van der Waals surface area contributed by atoms with Gasteiger partial charge in [-0.05, 0) is 37.5 Å². The van der Waals surface area contributed by atoms with Crippen molar-refractivity contribution in [3.05, 3.63) is 29.8 Å². The number of aryl methyl sites for hydroxylation is 1. The molecular weight excluding hydrogens is 268 g/mol. The van der Waals surface area contributed by atoms with Crippen LogP contribution in [0.3, 0.4) is 0 Å². The standard InChI is InChI=1S/C16H22N2O3/c1-2-21-14-6-3-12(4-7-14)5-8-15(19)18-10-9-13(17)11-16(18)20/h3-4,6-7,13H,2,5,8-11,17H2,1H3. The van der Waals surface area contributed by atoms with Gasteiger partial charge in [-0.1, -0.05) is 12.1 Å². The van der Waals surface area contributed by atoms with E-state index in [1.807, 2.05) is 31.2 Å².